The molecule has 0 amide bonds. The number of likely N-dealkylation sites (tertiary alicyclic amines) is 1. The normalized spacial score (nSPS) is 14.4. The molecule has 0 radical (unpaired) electrons. The third-order valence-corrected chi connectivity index (χ3v) is 8.09. The number of piperidine rings is 1. The molecule has 43 heavy (non-hydrogen) atoms. The lowest BCUT2D eigenvalue weighted by molar-refractivity contribution is 0.217. The molecule has 0 aliphatic carbocycles. The first-order valence-electron chi connectivity index (χ1n) is 14.0. The van der Waals surface area contributed by atoms with Gasteiger partial charge in [0.15, 0.2) is 0 Å². The number of rotatable bonds is 9. The van der Waals surface area contributed by atoms with Crippen LogP contribution in [0.15, 0.2) is 67.3 Å². The van der Waals surface area contributed by atoms with E-state index in [2.05, 4.69) is 41.9 Å². The Balaban J connectivity index is 1.34. The summed E-state index contributed by atoms with van der Waals surface area (Å²) in [6.45, 7) is 3.92. The summed E-state index contributed by atoms with van der Waals surface area (Å²) in [6.07, 6.45) is 10.7. The van der Waals surface area contributed by atoms with Gasteiger partial charge in [-0.2, -0.15) is 5.26 Å². The first-order valence-corrected chi connectivity index (χ1v) is 14.8. The van der Waals surface area contributed by atoms with Gasteiger partial charge in [-0.05, 0) is 67.9 Å². The van der Waals surface area contributed by atoms with Gasteiger partial charge in [0.25, 0.3) is 0 Å². The molecule has 12 heteroatoms. The molecule has 2 aromatic carbocycles. The zero-order chi connectivity index (χ0) is 29.8. The van der Waals surface area contributed by atoms with Crippen LogP contribution in [-0.2, 0) is 6.54 Å². The van der Waals surface area contributed by atoms with E-state index in [0.29, 0.717) is 38.6 Å². The van der Waals surface area contributed by atoms with E-state index in [1.54, 1.807) is 24.5 Å². The molecule has 1 aliphatic heterocycles. The Morgan fingerprint density at radius 2 is 1.84 bits per heavy atom. The third-order valence-electron chi connectivity index (χ3n) is 7.51. The topological polar surface area (TPSA) is 108 Å². The quantitative estimate of drug-likeness (QED) is 0.183. The molecule has 6 rings (SSSR count). The van der Waals surface area contributed by atoms with Crippen LogP contribution in [0, 0.1) is 17.1 Å². The highest BCUT2D eigenvalue weighted by molar-refractivity contribution is 6.36. The monoisotopic (exact) mass is 615 g/mol. The maximum atomic E-state index is 13.8. The number of pyridine rings is 2. The molecule has 1 atom stereocenters. The van der Waals surface area contributed by atoms with Crippen LogP contribution in [0.4, 0.5) is 21.5 Å². The average Bonchev–Trinajstić information content (AvgIpc) is 3.50. The van der Waals surface area contributed by atoms with Gasteiger partial charge in [0.2, 0.25) is 0 Å². The minimum atomic E-state index is -0.535. The lowest BCUT2D eigenvalue weighted by Crippen LogP contribution is -2.32. The molecule has 9 nitrogen and oxygen atoms in total. The molecule has 3 aromatic heterocycles. The summed E-state index contributed by atoms with van der Waals surface area (Å²) in [5.41, 5.74) is 4.08. The fraction of sp³-hybridized carbons (Fsp3) is 0.258. The molecular weight excluding hydrogens is 588 g/mol. The molecule has 0 bridgehead atoms. The van der Waals surface area contributed by atoms with Gasteiger partial charge in [-0.3, -0.25) is 14.6 Å². The van der Waals surface area contributed by atoms with Crippen LogP contribution in [0.1, 0.15) is 42.1 Å². The lowest BCUT2D eigenvalue weighted by Gasteiger charge is -2.26. The van der Waals surface area contributed by atoms with E-state index >= 15 is 0 Å². The van der Waals surface area contributed by atoms with E-state index < -0.39 is 5.82 Å². The lowest BCUT2D eigenvalue weighted by atomic mass is 10.0. The minimum absolute atomic E-state index is 0.0365. The fourth-order valence-corrected chi connectivity index (χ4v) is 5.75. The minimum Gasteiger partial charge on any atom is -0.373 e. The first kappa shape index (κ1) is 28.8. The smallest absolute Gasteiger partial charge is 0.141 e. The molecule has 4 heterocycles. The Bertz CT molecular complexity index is 1780. The maximum absolute atomic E-state index is 13.8. The van der Waals surface area contributed by atoms with Gasteiger partial charge in [0.05, 0.1) is 45.6 Å². The van der Waals surface area contributed by atoms with Gasteiger partial charge in [-0.25, -0.2) is 4.39 Å². The van der Waals surface area contributed by atoms with Crippen molar-refractivity contribution in [3.05, 3.63) is 99.9 Å². The second-order valence-corrected chi connectivity index (χ2v) is 11.3. The SMILES string of the molecule is N#Cc1cnc2c(Cl)cc(NC(c3cccnc3)c3cn(CCN4CCCCC4)nn3)cc2c1Nc1ccc(F)c(Cl)c1. The van der Waals surface area contributed by atoms with Crippen LogP contribution in [-0.4, -0.2) is 49.5 Å². The van der Waals surface area contributed by atoms with Crippen molar-refractivity contribution in [2.24, 2.45) is 0 Å². The summed E-state index contributed by atoms with van der Waals surface area (Å²) in [6, 6.07) is 13.6. The molecule has 0 saturated carbocycles. The van der Waals surface area contributed by atoms with E-state index in [4.69, 9.17) is 23.2 Å². The molecule has 5 aromatic rings. The fourth-order valence-electron chi connectivity index (χ4n) is 5.30. The van der Waals surface area contributed by atoms with Crippen molar-refractivity contribution >= 4 is 51.2 Å². The highest BCUT2D eigenvalue weighted by atomic mass is 35.5. The van der Waals surface area contributed by atoms with Crippen LogP contribution < -0.4 is 10.6 Å². The number of halogens is 3. The van der Waals surface area contributed by atoms with Crippen molar-refractivity contribution in [2.45, 2.75) is 31.8 Å². The van der Waals surface area contributed by atoms with Crippen molar-refractivity contribution in [1.29, 1.82) is 5.26 Å². The summed E-state index contributed by atoms with van der Waals surface area (Å²) in [5.74, 6) is -0.535. The van der Waals surface area contributed by atoms with Crippen LogP contribution in [0.5, 0.6) is 0 Å². The third kappa shape index (κ3) is 6.54. The van der Waals surface area contributed by atoms with Crippen molar-refractivity contribution in [2.75, 3.05) is 30.3 Å². The molecule has 218 valence electrons. The van der Waals surface area contributed by atoms with Gasteiger partial charge >= 0.3 is 0 Å². The number of benzene rings is 2. The summed E-state index contributed by atoms with van der Waals surface area (Å²) in [7, 11) is 0. The summed E-state index contributed by atoms with van der Waals surface area (Å²) in [4.78, 5) is 11.2. The van der Waals surface area contributed by atoms with E-state index in [1.807, 2.05) is 29.1 Å². The number of nitrogens with one attached hydrogen (secondary N) is 2. The van der Waals surface area contributed by atoms with Crippen molar-refractivity contribution in [3.8, 4) is 6.07 Å². The van der Waals surface area contributed by atoms with Crippen molar-refractivity contribution in [1.82, 2.24) is 29.9 Å². The summed E-state index contributed by atoms with van der Waals surface area (Å²) < 4.78 is 15.7. The molecule has 0 spiro atoms. The van der Waals surface area contributed by atoms with E-state index in [9.17, 15) is 9.65 Å². The second kappa shape index (κ2) is 12.9. The Hall–Kier alpha value is -4.30. The molecule has 1 unspecified atom stereocenters. The largest absolute Gasteiger partial charge is 0.373 e. The molecule has 1 fully saturated rings. The van der Waals surface area contributed by atoms with Gasteiger partial charge in [-0.1, -0.05) is 40.9 Å². The second-order valence-electron chi connectivity index (χ2n) is 10.4. The number of aromatic nitrogens is 5. The van der Waals surface area contributed by atoms with Crippen molar-refractivity contribution in [3.63, 3.8) is 0 Å². The molecular formula is C31H28Cl2FN9. The predicted molar refractivity (Wildman–Crippen MR) is 166 cm³/mol. The van der Waals surface area contributed by atoms with E-state index in [-0.39, 0.29) is 11.1 Å². The number of nitriles is 1. The number of nitrogens with zero attached hydrogens (tertiary/aromatic N) is 7. The van der Waals surface area contributed by atoms with Crippen molar-refractivity contribution < 1.29 is 4.39 Å². The first-order chi connectivity index (χ1) is 21.0. The highest BCUT2D eigenvalue weighted by Crippen LogP contribution is 2.37. The van der Waals surface area contributed by atoms with Crippen LogP contribution in [0.25, 0.3) is 10.9 Å². The average molecular weight is 617 g/mol. The molecule has 1 aliphatic rings. The predicted octanol–water partition coefficient (Wildman–Crippen LogP) is 6.97. The van der Waals surface area contributed by atoms with Gasteiger partial charge in [-0.15, -0.1) is 5.10 Å². The number of fused-ring (bicyclic) bond motifs is 1. The summed E-state index contributed by atoms with van der Waals surface area (Å²) >= 11 is 12.8. The molecule has 1 saturated heterocycles. The molecule has 2 N–H and O–H groups in total. The Morgan fingerprint density at radius 3 is 2.60 bits per heavy atom. The number of hydrogen-bond donors (Lipinski definition) is 2. The number of hydrogen-bond acceptors (Lipinski definition) is 8. The Labute approximate surface area is 258 Å². The van der Waals surface area contributed by atoms with Gasteiger partial charge < -0.3 is 15.5 Å². The number of anilines is 3. The van der Waals surface area contributed by atoms with E-state index in [0.717, 1.165) is 37.4 Å². The van der Waals surface area contributed by atoms with Crippen LogP contribution >= 0.6 is 23.2 Å². The summed E-state index contributed by atoms with van der Waals surface area (Å²) in [5, 5.41) is 26.5. The van der Waals surface area contributed by atoms with Crippen LogP contribution in [0.2, 0.25) is 10.0 Å². The van der Waals surface area contributed by atoms with Crippen LogP contribution in [0.3, 0.4) is 0 Å². The van der Waals surface area contributed by atoms with Gasteiger partial charge in [0.1, 0.15) is 17.6 Å². The Morgan fingerprint density at radius 1 is 1.00 bits per heavy atom. The highest BCUT2D eigenvalue weighted by Gasteiger charge is 2.21. The maximum Gasteiger partial charge on any atom is 0.141 e. The Kier molecular flexibility index (Phi) is 8.65. The van der Waals surface area contributed by atoms with Gasteiger partial charge in [0, 0.05) is 41.9 Å². The zero-order valence-corrected chi connectivity index (χ0v) is 24.7. The standard InChI is InChI=1S/C31H28Cl2FN9/c32-25-14-22(6-7-27(25)34)38-29-21(16-35)18-37-31-24(29)13-23(15-26(31)33)39-30(20-5-4-8-36-17-20)28-19-43(41-40-28)12-11-42-9-2-1-3-10-42/h4-8,13-15,17-19,30,39H,1-3,9-12H2,(H,37,38). The zero-order valence-electron chi connectivity index (χ0n) is 23.1. The van der Waals surface area contributed by atoms with E-state index in [1.165, 1.54) is 37.6 Å².